The van der Waals surface area contributed by atoms with E-state index in [1.807, 2.05) is 0 Å². The largest absolute Gasteiger partial charge is 0.418 e. The summed E-state index contributed by atoms with van der Waals surface area (Å²) < 4.78 is 75.6. The highest BCUT2D eigenvalue weighted by Crippen LogP contribution is 2.39. The van der Waals surface area contributed by atoms with Gasteiger partial charge in [-0.05, 0) is 12.1 Å². The number of nitriles is 1. The van der Waals surface area contributed by atoms with Crippen molar-refractivity contribution in [2.45, 2.75) is 12.4 Å². The van der Waals surface area contributed by atoms with Crippen molar-refractivity contribution in [1.29, 1.82) is 5.26 Å². The van der Waals surface area contributed by atoms with Crippen molar-refractivity contribution in [2.24, 2.45) is 0 Å². The van der Waals surface area contributed by atoms with Crippen molar-refractivity contribution < 1.29 is 26.3 Å². The molecule has 0 radical (unpaired) electrons. The minimum Gasteiger partial charge on any atom is -0.329 e. The molecule has 1 heterocycles. The van der Waals surface area contributed by atoms with Crippen LogP contribution in [0.2, 0.25) is 0 Å². The normalized spacial score (nSPS) is 12.7. The molecule has 19 heavy (non-hydrogen) atoms. The van der Waals surface area contributed by atoms with Gasteiger partial charge in [0.05, 0.1) is 16.6 Å². The first-order valence-corrected chi connectivity index (χ1v) is 4.71. The molecule has 0 aliphatic heterocycles. The maximum Gasteiger partial charge on any atom is 0.418 e. The van der Waals surface area contributed by atoms with Gasteiger partial charge < -0.3 is 4.98 Å². The minimum absolute atomic E-state index is 0.0235. The first kappa shape index (κ1) is 13.2. The van der Waals surface area contributed by atoms with E-state index in [0.29, 0.717) is 6.07 Å². The predicted octanol–water partition coefficient (Wildman–Crippen LogP) is 3.47. The fourth-order valence-electron chi connectivity index (χ4n) is 1.55. The lowest BCUT2D eigenvalue weighted by molar-refractivity contribution is -0.142. The molecule has 0 aliphatic rings. The van der Waals surface area contributed by atoms with E-state index in [9.17, 15) is 26.3 Å². The van der Waals surface area contributed by atoms with Gasteiger partial charge in [0, 0.05) is 0 Å². The number of halogens is 6. The van der Waals surface area contributed by atoms with E-state index in [1.165, 1.54) is 6.07 Å². The Morgan fingerprint density at radius 1 is 1.05 bits per heavy atom. The molecular formula is C10H3F6N3. The molecule has 0 unspecified atom stereocenters. The Morgan fingerprint density at radius 2 is 1.68 bits per heavy atom. The van der Waals surface area contributed by atoms with E-state index in [1.54, 1.807) is 0 Å². The highest BCUT2D eigenvalue weighted by atomic mass is 19.4. The Balaban J connectivity index is 2.83. The van der Waals surface area contributed by atoms with Crippen LogP contribution in [0.15, 0.2) is 12.1 Å². The van der Waals surface area contributed by atoms with E-state index < -0.39 is 40.3 Å². The van der Waals surface area contributed by atoms with Gasteiger partial charge in [0.2, 0.25) is 5.82 Å². The van der Waals surface area contributed by atoms with Crippen molar-refractivity contribution >= 4 is 11.0 Å². The molecule has 1 N–H and O–H groups in total. The molecule has 2 aromatic rings. The zero-order valence-electron chi connectivity index (χ0n) is 8.82. The van der Waals surface area contributed by atoms with Gasteiger partial charge >= 0.3 is 12.4 Å². The Hall–Kier alpha value is -2.24. The maximum absolute atomic E-state index is 12.7. The van der Waals surface area contributed by atoms with Crippen molar-refractivity contribution in [1.82, 2.24) is 9.97 Å². The summed E-state index contributed by atoms with van der Waals surface area (Å²) in [6, 6.07) is 1.90. The third-order valence-corrected chi connectivity index (χ3v) is 2.33. The predicted molar refractivity (Wildman–Crippen MR) is 50.8 cm³/mol. The first-order valence-electron chi connectivity index (χ1n) is 4.71. The Morgan fingerprint density at radius 3 is 2.16 bits per heavy atom. The van der Waals surface area contributed by atoms with E-state index in [0.717, 1.165) is 0 Å². The average Bonchev–Trinajstić information content (AvgIpc) is 2.67. The topological polar surface area (TPSA) is 52.5 Å². The van der Waals surface area contributed by atoms with E-state index in [-0.39, 0.29) is 6.07 Å². The van der Waals surface area contributed by atoms with Crippen molar-refractivity contribution in [3.63, 3.8) is 0 Å². The lowest BCUT2D eigenvalue weighted by Gasteiger charge is -2.11. The molecule has 0 aliphatic carbocycles. The number of nitrogens with zero attached hydrogens (tertiary/aromatic N) is 2. The summed E-state index contributed by atoms with van der Waals surface area (Å²) >= 11 is 0. The van der Waals surface area contributed by atoms with E-state index in [2.05, 4.69) is 9.97 Å². The number of hydrogen-bond acceptors (Lipinski definition) is 2. The molecule has 0 bridgehead atoms. The van der Waals surface area contributed by atoms with Gasteiger partial charge in [-0.2, -0.15) is 31.6 Å². The smallest absolute Gasteiger partial charge is 0.329 e. The lowest BCUT2D eigenvalue weighted by atomic mass is 10.1. The Bertz CT molecular complexity index is 673. The fourth-order valence-corrected chi connectivity index (χ4v) is 1.55. The average molecular weight is 279 g/mol. The summed E-state index contributed by atoms with van der Waals surface area (Å²) in [5.41, 5.74) is -4.19. The van der Waals surface area contributed by atoms with Crippen molar-refractivity contribution in [2.75, 3.05) is 0 Å². The van der Waals surface area contributed by atoms with Gasteiger partial charge in [-0.15, -0.1) is 0 Å². The number of hydrogen-bond donors (Lipinski definition) is 1. The second-order valence-electron chi connectivity index (χ2n) is 3.61. The van der Waals surface area contributed by atoms with Gasteiger partial charge in [0.1, 0.15) is 11.6 Å². The maximum atomic E-state index is 12.7. The van der Waals surface area contributed by atoms with Gasteiger partial charge in [0.15, 0.2) is 0 Å². The standard InChI is InChI=1S/C10H3F6N3/c11-9(12,13)4-1-5(10(14,15)16)8-6(2-4)18-7(3-17)19-8/h1-2H,(H,18,19). The van der Waals surface area contributed by atoms with E-state index >= 15 is 0 Å². The zero-order valence-corrected chi connectivity index (χ0v) is 8.82. The van der Waals surface area contributed by atoms with Gasteiger partial charge in [-0.25, -0.2) is 4.98 Å². The summed E-state index contributed by atoms with van der Waals surface area (Å²) in [5, 5.41) is 8.51. The van der Waals surface area contributed by atoms with Crippen LogP contribution in [0.4, 0.5) is 26.3 Å². The third kappa shape index (κ3) is 2.33. The van der Waals surface area contributed by atoms with E-state index in [4.69, 9.17) is 5.26 Å². The van der Waals surface area contributed by atoms with Crippen LogP contribution in [0.5, 0.6) is 0 Å². The lowest BCUT2D eigenvalue weighted by Crippen LogP contribution is -2.11. The highest BCUT2D eigenvalue weighted by molar-refractivity contribution is 5.81. The zero-order chi connectivity index (χ0) is 14.4. The number of H-pyrrole nitrogens is 1. The van der Waals surface area contributed by atoms with Crippen molar-refractivity contribution in [3.05, 3.63) is 29.1 Å². The third-order valence-electron chi connectivity index (χ3n) is 2.33. The Labute approximate surface area is 101 Å². The van der Waals surface area contributed by atoms with Gasteiger partial charge in [0.25, 0.3) is 0 Å². The Kier molecular flexibility index (Phi) is 2.69. The molecule has 0 saturated carbocycles. The number of rotatable bonds is 0. The number of imidazole rings is 1. The summed E-state index contributed by atoms with van der Waals surface area (Å²) in [6.45, 7) is 0. The SMILES string of the molecule is N#Cc1nc2c(C(F)(F)F)cc(C(F)(F)F)cc2[nH]1. The fraction of sp³-hybridized carbons (Fsp3) is 0.200. The molecular weight excluding hydrogens is 276 g/mol. The molecule has 0 amide bonds. The second-order valence-corrected chi connectivity index (χ2v) is 3.61. The number of fused-ring (bicyclic) bond motifs is 1. The molecule has 0 spiro atoms. The van der Waals surface area contributed by atoms with Crippen LogP contribution in [-0.4, -0.2) is 9.97 Å². The number of benzene rings is 1. The molecule has 0 saturated heterocycles. The molecule has 0 fully saturated rings. The van der Waals surface area contributed by atoms with Crippen LogP contribution in [0.25, 0.3) is 11.0 Å². The van der Waals surface area contributed by atoms with Crippen LogP contribution in [-0.2, 0) is 12.4 Å². The van der Waals surface area contributed by atoms with Crippen LogP contribution >= 0.6 is 0 Å². The summed E-state index contributed by atoms with van der Waals surface area (Å²) in [5.74, 6) is -0.486. The van der Waals surface area contributed by atoms with Crippen LogP contribution in [0.3, 0.4) is 0 Å². The van der Waals surface area contributed by atoms with Crippen LogP contribution in [0, 0.1) is 11.3 Å². The van der Waals surface area contributed by atoms with Crippen LogP contribution in [0.1, 0.15) is 17.0 Å². The number of alkyl halides is 6. The summed E-state index contributed by atoms with van der Waals surface area (Å²) in [7, 11) is 0. The molecule has 2 rings (SSSR count). The molecule has 9 heteroatoms. The quantitative estimate of drug-likeness (QED) is 0.751. The number of aromatic amines is 1. The minimum atomic E-state index is -5.00. The molecule has 1 aromatic carbocycles. The molecule has 100 valence electrons. The van der Waals surface area contributed by atoms with Crippen LogP contribution < -0.4 is 0 Å². The van der Waals surface area contributed by atoms with Gasteiger partial charge in [-0.1, -0.05) is 0 Å². The highest BCUT2D eigenvalue weighted by Gasteiger charge is 2.39. The second kappa shape index (κ2) is 3.88. The van der Waals surface area contributed by atoms with Gasteiger partial charge in [-0.3, -0.25) is 0 Å². The van der Waals surface area contributed by atoms with Crippen molar-refractivity contribution in [3.8, 4) is 6.07 Å². The summed E-state index contributed by atoms with van der Waals surface area (Å²) in [4.78, 5) is 5.41. The molecule has 3 nitrogen and oxygen atoms in total. The first-order chi connectivity index (χ1) is 8.63. The summed E-state index contributed by atoms with van der Waals surface area (Å²) in [6.07, 6.45) is -9.92. The molecule has 1 aromatic heterocycles. The monoisotopic (exact) mass is 279 g/mol. The number of aromatic nitrogens is 2. The number of nitrogens with one attached hydrogen (secondary N) is 1. The molecule has 0 atom stereocenters.